The summed E-state index contributed by atoms with van der Waals surface area (Å²) in [6, 6.07) is 16.5. The first kappa shape index (κ1) is 57.2. The van der Waals surface area contributed by atoms with Crippen molar-refractivity contribution in [1.82, 2.24) is 25.4 Å². The quantitative estimate of drug-likeness (QED) is 0.0519. The van der Waals surface area contributed by atoms with E-state index in [1.807, 2.05) is 0 Å². The molecule has 1 aliphatic heterocycles. The van der Waals surface area contributed by atoms with Gasteiger partial charge < -0.3 is 20.8 Å². The molecular formula is C49H51ClF8N6O6. The second kappa shape index (κ2) is 26.0. The van der Waals surface area contributed by atoms with Gasteiger partial charge in [-0.25, -0.2) is 18.4 Å². The summed E-state index contributed by atoms with van der Waals surface area (Å²) in [5.41, 5.74) is -0.570. The number of hydrogen-bond acceptors (Lipinski definition) is 7. The summed E-state index contributed by atoms with van der Waals surface area (Å²) >= 11 is 6.01. The Labute approximate surface area is 403 Å². The molecule has 376 valence electrons. The zero-order valence-electron chi connectivity index (χ0n) is 38.6. The standard InChI is InChI=1S/C24H23F6N3O3.C22H20ClF2N3O3.C3H8/c1-3-15(5-4-6-20(34)35)14-31-22(36)19-12-11-18(32-33(2)21(19)24(28,29)30)13-16-7-9-17(10-8-16)23(25,26)27;1-12(14-6-8-15(9-7-14)22(30)31)26-21(29)18-17(27-28(2)19(18)20(24)25)11-13-4-3-5-16(23)10-13;1-3-2/h3-10H,1,11-14H2,2H3,(H,31,36)(H,34,35);3-10,12,20H,11H2,1-2H3,(H,26,29)(H,30,31);3H2,1-2H3/b6-4+,15-5+;;/t;12-;/m.0./s1. The molecule has 4 aromatic rings. The van der Waals surface area contributed by atoms with E-state index in [-0.39, 0.29) is 54.8 Å². The fourth-order valence-corrected chi connectivity index (χ4v) is 6.92. The molecule has 3 aromatic carbocycles. The first-order valence-electron chi connectivity index (χ1n) is 21.3. The molecule has 0 aliphatic carbocycles. The van der Waals surface area contributed by atoms with Crippen molar-refractivity contribution in [3.63, 3.8) is 0 Å². The molecule has 0 saturated heterocycles. The van der Waals surface area contributed by atoms with Crippen LogP contribution in [0, 0.1) is 0 Å². The van der Waals surface area contributed by atoms with Crippen molar-refractivity contribution in [2.24, 2.45) is 12.1 Å². The van der Waals surface area contributed by atoms with Gasteiger partial charge in [0.1, 0.15) is 11.4 Å². The number of hydrazone groups is 1. The minimum Gasteiger partial charge on any atom is -0.478 e. The number of aliphatic carboxylic acids is 1. The predicted octanol–water partition coefficient (Wildman–Crippen LogP) is 11.2. The lowest BCUT2D eigenvalue weighted by Gasteiger charge is -2.22. The summed E-state index contributed by atoms with van der Waals surface area (Å²) < 4.78 is 108. The molecule has 0 saturated carbocycles. The first-order valence-corrected chi connectivity index (χ1v) is 21.7. The van der Waals surface area contributed by atoms with Gasteiger partial charge in [0, 0.05) is 55.9 Å². The van der Waals surface area contributed by atoms with E-state index < -0.39 is 71.1 Å². The molecule has 21 heteroatoms. The topological polar surface area (TPSA) is 166 Å². The number of nitrogens with zero attached hydrogens (tertiary/aromatic N) is 4. The van der Waals surface area contributed by atoms with Gasteiger partial charge >= 0.3 is 24.3 Å². The smallest absolute Gasteiger partial charge is 0.433 e. The lowest BCUT2D eigenvalue weighted by molar-refractivity contribution is -0.137. The van der Waals surface area contributed by atoms with E-state index in [1.165, 1.54) is 56.0 Å². The maximum atomic E-state index is 13.9. The number of aromatic carboxylic acids is 1. The number of rotatable bonds is 15. The molecule has 2 heterocycles. The Kier molecular flexibility index (Phi) is 21.3. The van der Waals surface area contributed by atoms with E-state index in [0.717, 1.165) is 35.5 Å². The molecule has 12 nitrogen and oxygen atoms in total. The van der Waals surface area contributed by atoms with E-state index in [2.05, 4.69) is 41.3 Å². The molecule has 5 rings (SSSR count). The number of allylic oxidation sites excluding steroid dienone is 3. The van der Waals surface area contributed by atoms with Gasteiger partial charge in [-0.15, -0.1) is 0 Å². The van der Waals surface area contributed by atoms with Crippen LogP contribution in [0.15, 0.2) is 126 Å². The number of alkyl halides is 8. The molecule has 0 bridgehead atoms. The van der Waals surface area contributed by atoms with Crippen LogP contribution >= 0.6 is 11.6 Å². The lowest BCUT2D eigenvalue weighted by Crippen LogP contribution is -2.33. The predicted molar refractivity (Wildman–Crippen MR) is 248 cm³/mol. The molecule has 1 aromatic heterocycles. The molecule has 0 radical (unpaired) electrons. The average molecular weight is 1010 g/mol. The zero-order chi connectivity index (χ0) is 52.5. The van der Waals surface area contributed by atoms with Crippen LogP contribution in [-0.2, 0) is 35.7 Å². The van der Waals surface area contributed by atoms with Gasteiger partial charge in [0.2, 0.25) is 5.91 Å². The Balaban J connectivity index is 0.000000354. The number of carboxylic acids is 2. The van der Waals surface area contributed by atoms with E-state index in [1.54, 1.807) is 43.3 Å². The minimum atomic E-state index is -4.91. The number of nitrogens with one attached hydrogen (secondary N) is 2. The SMILES string of the molecule is C=C/C(=C\C=C\C(=O)O)CNC(=O)C1=C(C(F)(F)F)N(C)N=C(Cc2ccc(C(F)(F)F)cc2)CC1.CCC.C[C@H](NC(=O)c1c(Cc2cccc(Cl)c2)nn(C)c1C(F)F)c1ccc(C(=O)O)cc1. The van der Waals surface area contributed by atoms with Crippen LogP contribution in [0.4, 0.5) is 35.1 Å². The van der Waals surface area contributed by atoms with Crippen LogP contribution in [0.2, 0.25) is 5.02 Å². The molecule has 0 spiro atoms. The van der Waals surface area contributed by atoms with Crippen LogP contribution in [0.25, 0.3) is 0 Å². The third kappa shape index (κ3) is 17.1. The zero-order valence-corrected chi connectivity index (χ0v) is 39.3. The normalized spacial score (nSPS) is 13.6. The number of carbonyl (C=O) groups excluding carboxylic acids is 2. The van der Waals surface area contributed by atoms with Crippen LogP contribution in [-0.4, -0.2) is 74.2 Å². The van der Waals surface area contributed by atoms with E-state index in [9.17, 15) is 54.3 Å². The average Bonchev–Trinajstić information content (AvgIpc) is 3.50. The van der Waals surface area contributed by atoms with Gasteiger partial charge in [-0.1, -0.05) is 93.1 Å². The molecule has 4 N–H and O–H groups in total. The summed E-state index contributed by atoms with van der Waals surface area (Å²) in [5, 5.41) is 31.9. The maximum Gasteiger partial charge on any atom is 0.433 e. The van der Waals surface area contributed by atoms with Crippen molar-refractivity contribution >= 4 is 41.1 Å². The Morgan fingerprint density at radius 2 is 1.50 bits per heavy atom. The summed E-state index contributed by atoms with van der Waals surface area (Å²) in [4.78, 5) is 47.3. The van der Waals surface area contributed by atoms with Crippen molar-refractivity contribution in [2.75, 3.05) is 13.6 Å². The van der Waals surface area contributed by atoms with Crippen LogP contribution < -0.4 is 10.6 Å². The highest BCUT2D eigenvalue weighted by Crippen LogP contribution is 2.35. The molecular weight excluding hydrogens is 956 g/mol. The number of amides is 2. The van der Waals surface area contributed by atoms with Gasteiger partial charge in [-0.05, 0) is 78.4 Å². The van der Waals surface area contributed by atoms with E-state index >= 15 is 0 Å². The lowest BCUT2D eigenvalue weighted by atomic mass is 10.00. The van der Waals surface area contributed by atoms with Gasteiger partial charge in [0.25, 0.3) is 12.3 Å². The van der Waals surface area contributed by atoms with Crippen LogP contribution in [0.3, 0.4) is 0 Å². The van der Waals surface area contributed by atoms with Crippen molar-refractivity contribution in [3.8, 4) is 0 Å². The third-order valence-electron chi connectivity index (χ3n) is 9.92. The summed E-state index contributed by atoms with van der Waals surface area (Å²) in [5.74, 6) is -3.94. The Morgan fingerprint density at radius 1 is 0.871 bits per heavy atom. The maximum absolute atomic E-state index is 13.9. The van der Waals surface area contributed by atoms with Crippen LogP contribution in [0.5, 0.6) is 0 Å². The Bertz CT molecular complexity index is 2600. The highest BCUT2D eigenvalue weighted by molar-refractivity contribution is 6.30. The van der Waals surface area contributed by atoms with Crippen molar-refractivity contribution in [2.45, 2.75) is 77.7 Å². The van der Waals surface area contributed by atoms with E-state index in [4.69, 9.17) is 21.8 Å². The fourth-order valence-electron chi connectivity index (χ4n) is 6.71. The monoisotopic (exact) mass is 1010 g/mol. The Hall–Kier alpha value is -7.09. The number of carboxylic acid groups (broad SMARTS) is 2. The molecule has 0 fully saturated rings. The summed E-state index contributed by atoms with van der Waals surface area (Å²) in [6.45, 7) is 9.25. The molecule has 70 heavy (non-hydrogen) atoms. The molecule has 1 atom stereocenters. The number of halogens is 9. The fraction of sp³-hybridized carbons (Fsp3) is 0.306. The molecule has 2 amide bonds. The largest absolute Gasteiger partial charge is 0.478 e. The first-order chi connectivity index (χ1) is 32.8. The van der Waals surface area contributed by atoms with E-state index in [0.29, 0.717) is 26.7 Å². The van der Waals surface area contributed by atoms with Gasteiger partial charge in [0.05, 0.1) is 28.4 Å². The minimum absolute atomic E-state index is 0.00176. The van der Waals surface area contributed by atoms with Gasteiger partial charge in [-0.2, -0.15) is 36.5 Å². The van der Waals surface area contributed by atoms with Gasteiger partial charge in [0.15, 0.2) is 0 Å². The number of hydrogen-bond donors (Lipinski definition) is 4. The second-order valence-electron chi connectivity index (χ2n) is 15.5. The second-order valence-corrected chi connectivity index (χ2v) is 15.9. The van der Waals surface area contributed by atoms with Crippen molar-refractivity contribution in [1.29, 1.82) is 0 Å². The Morgan fingerprint density at radius 3 is 2.03 bits per heavy atom. The molecule has 1 aliphatic rings. The van der Waals surface area contributed by atoms with Crippen molar-refractivity contribution in [3.05, 3.63) is 170 Å². The number of aromatic nitrogens is 2. The number of carbonyl (C=O) groups is 4. The number of benzene rings is 3. The molecule has 0 unspecified atom stereocenters. The summed E-state index contributed by atoms with van der Waals surface area (Å²) in [6.07, 6.45) is -6.56. The highest BCUT2D eigenvalue weighted by Gasteiger charge is 2.42. The number of aryl methyl sites for hydroxylation is 1. The third-order valence-corrected chi connectivity index (χ3v) is 10.2. The highest BCUT2D eigenvalue weighted by atomic mass is 35.5. The van der Waals surface area contributed by atoms with Crippen molar-refractivity contribution < 1.29 is 64.5 Å². The van der Waals surface area contributed by atoms with Crippen LogP contribution in [0.1, 0.15) is 107 Å². The van der Waals surface area contributed by atoms with Gasteiger partial charge in [-0.3, -0.25) is 19.3 Å². The summed E-state index contributed by atoms with van der Waals surface area (Å²) in [7, 11) is 2.41.